The zero-order chi connectivity index (χ0) is 24.7. The van der Waals surface area contributed by atoms with Crippen molar-refractivity contribution in [2.75, 3.05) is 20.1 Å². The maximum Gasteiger partial charge on any atom is 0.247 e. The van der Waals surface area contributed by atoms with E-state index in [0.717, 1.165) is 54.9 Å². The van der Waals surface area contributed by atoms with Gasteiger partial charge in [-0.3, -0.25) is 9.69 Å². The summed E-state index contributed by atoms with van der Waals surface area (Å²) in [5, 5.41) is 12.4. The first kappa shape index (κ1) is 24.2. The van der Waals surface area contributed by atoms with Gasteiger partial charge in [0.15, 0.2) is 0 Å². The van der Waals surface area contributed by atoms with Gasteiger partial charge >= 0.3 is 0 Å². The third kappa shape index (κ3) is 6.38. The Morgan fingerprint density at radius 3 is 2.67 bits per heavy atom. The molecule has 1 aliphatic heterocycles. The Balaban J connectivity index is 1.10. The second kappa shape index (κ2) is 11.5. The minimum atomic E-state index is 0.123. The fraction of sp³-hybridized carbons (Fsp3) is 0.321. The highest BCUT2D eigenvalue weighted by molar-refractivity contribution is 7.08. The topological polar surface area (TPSA) is 71.7 Å². The van der Waals surface area contributed by atoms with E-state index in [-0.39, 0.29) is 12.0 Å². The summed E-state index contributed by atoms with van der Waals surface area (Å²) in [4.78, 5) is 16.7. The van der Waals surface area contributed by atoms with E-state index in [9.17, 15) is 4.79 Å². The number of nitrogens with zero attached hydrogens (tertiary/aromatic N) is 4. The van der Waals surface area contributed by atoms with E-state index in [0.29, 0.717) is 24.7 Å². The number of hydrogen-bond donors (Lipinski definition) is 0. The molecule has 0 atom stereocenters. The molecule has 0 aliphatic carbocycles. The monoisotopic (exact) mass is 502 g/mol. The van der Waals surface area contributed by atoms with Gasteiger partial charge in [-0.2, -0.15) is 11.3 Å². The van der Waals surface area contributed by atoms with Crippen molar-refractivity contribution in [2.45, 2.75) is 38.5 Å². The van der Waals surface area contributed by atoms with Gasteiger partial charge in [0.2, 0.25) is 17.7 Å². The lowest BCUT2D eigenvalue weighted by Gasteiger charge is -2.32. The van der Waals surface area contributed by atoms with Crippen LogP contribution >= 0.6 is 11.3 Å². The molecule has 36 heavy (non-hydrogen) atoms. The van der Waals surface area contributed by atoms with Crippen molar-refractivity contribution in [3.63, 3.8) is 0 Å². The quantitative estimate of drug-likeness (QED) is 0.319. The zero-order valence-electron chi connectivity index (χ0n) is 20.4. The molecule has 7 nitrogen and oxygen atoms in total. The van der Waals surface area contributed by atoms with E-state index < -0.39 is 0 Å². The predicted molar refractivity (Wildman–Crippen MR) is 140 cm³/mol. The van der Waals surface area contributed by atoms with Crippen LogP contribution in [0.15, 0.2) is 75.8 Å². The number of piperidine rings is 1. The third-order valence-electron chi connectivity index (χ3n) is 6.28. The van der Waals surface area contributed by atoms with E-state index in [1.165, 1.54) is 0 Å². The first-order valence-corrected chi connectivity index (χ1v) is 13.2. The Morgan fingerprint density at radius 1 is 1.06 bits per heavy atom. The Morgan fingerprint density at radius 2 is 1.89 bits per heavy atom. The van der Waals surface area contributed by atoms with Gasteiger partial charge in [0.1, 0.15) is 11.9 Å². The first-order chi connectivity index (χ1) is 17.6. The highest BCUT2D eigenvalue weighted by Crippen LogP contribution is 2.22. The average Bonchev–Trinajstić information content (AvgIpc) is 3.58. The Kier molecular flexibility index (Phi) is 7.73. The number of ether oxygens (including phenoxy) is 1. The van der Waals surface area contributed by atoms with Crippen molar-refractivity contribution in [3.05, 3.63) is 88.4 Å². The molecule has 8 heteroatoms. The number of carbonyl (C=O) groups excluding carboxylic acids is 1. The number of benzene rings is 2. The summed E-state index contributed by atoms with van der Waals surface area (Å²) in [6, 6.07) is 20.0. The fourth-order valence-electron chi connectivity index (χ4n) is 4.43. The molecule has 5 rings (SSSR count). The van der Waals surface area contributed by atoms with Crippen LogP contribution in [-0.4, -0.2) is 52.1 Å². The lowest BCUT2D eigenvalue weighted by molar-refractivity contribution is -0.132. The van der Waals surface area contributed by atoms with Crippen molar-refractivity contribution in [1.29, 1.82) is 0 Å². The normalized spacial score (nSPS) is 14.3. The van der Waals surface area contributed by atoms with Gasteiger partial charge in [-0.1, -0.05) is 30.3 Å². The molecule has 0 saturated carbocycles. The van der Waals surface area contributed by atoms with Gasteiger partial charge in [-0.15, -0.1) is 10.2 Å². The van der Waals surface area contributed by atoms with Gasteiger partial charge < -0.3 is 14.1 Å². The Hall–Kier alpha value is -3.49. The smallest absolute Gasteiger partial charge is 0.247 e. The molecule has 1 saturated heterocycles. The van der Waals surface area contributed by atoms with Crippen molar-refractivity contribution in [2.24, 2.45) is 0 Å². The van der Waals surface area contributed by atoms with Gasteiger partial charge in [0, 0.05) is 38.0 Å². The van der Waals surface area contributed by atoms with Crippen LogP contribution in [0.3, 0.4) is 0 Å². The molecule has 0 bridgehead atoms. The van der Waals surface area contributed by atoms with Crippen molar-refractivity contribution in [1.82, 2.24) is 20.0 Å². The molecular formula is C28H30N4O3S. The van der Waals surface area contributed by atoms with Crippen LogP contribution in [0.1, 0.15) is 29.9 Å². The maximum absolute atomic E-state index is 12.6. The average molecular weight is 503 g/mol. The first-order valence-electron chi connectivity index (χ1n) is 12.2. The van der Waals surface area contributed by atoms with E-state index in [1.807, 2.05) is 71.2 Å². The summed E-state index contributed by atoms with van der Waals surface area (Å²) in [7, 11) is 2.03. The Bertz CT molecular complexity index is 1250. The molecule has 0 N–H and O–H groups in total. The molecule has 2 aromatic carbocycles. The summed E-state index contributed by atoms with van der Waals surface area (Å²) in [5.74, 6) is 2.19. The molecule has 186 valence electrons. The maximum atomic E-state index is 12.6. The molecule has 2 aromatic heterocycles. The highest BCUT2D eigenvalue weighted by atomic mass is 32.1. The summed E-state index contributed by atoms with van der Waals surface area (Å²) in [5.41, 5.74) is 3.17. The van der Waals surface area contributed by atoms with Crippen LogP contribution < -0.4 is 4.74 Å². The van der Waals surface area contributed by atoms with E-state index in [4.69, 9.17) is 9.15 Å². The molecule has 1 aliphatic rings. The van der Waals surface area contributed by atoms with E-state index in [2.05, 4.69) is 27.2 Å². The predicted octanol–water partition coefficient (Wildman–Crippen LogP) is 5.04. The lowest BCUT2D eigenvalue weighted by Crippen LogP contribution is -2.42. The number of amides is 1. The lowest BCUT2D eigenvalue weighted by atomic mass is 10.1. The van der Waals surface area contributed by atoms with Crippen LogP contribution in [0, 0.1) is 0 Å². The van der Waals surface area contributed by atoms with Gasteiger partial charge in [0.05, 0.1) is 13.0 Å². The molecule has 0 unspecified atom stereocenters. The number of hydrogen-bond acceptors (Lipinski definition) is 7. The highest BCUT2D eigenvalue weighted by Gasteiger charge is 2.24. The van der Waals surface area contributed by atoms with Gasteiger partial charge in [0.25, 0.3) is 0 Å². The second-order valence-corrected chi connectivity index (χ2v) is 9.97. The van der Waals surface area contributed by atoms with E-state index in [1.54, 1.807) is 11.3 Å². The van der Waals surface area contributed by atoms with E-state index >= 15 is 0 Å². The number of rotatable bonds is 9. The minimum Gasteiger partial charge on any atom is -0.490 e. The SMILES string of the molecule is CN(Cc1cccc(OC2CCN(C(=O)Cc3ccsc3)CC2)c1)Cc1nnc(-c2ccccc2)o1. The van der Waals surface area contributed by atoms with Crippen LogP contribution in [0.4, 0.5) is 0 Å². The fourth-order valence-corrected chi connectivity index (χ4v) is 5.09. The molecule has 3 heterocycles. The van der Waals surface area contributed by atoms with Crippen LogP contribution in [-0.2, 0) is 24.3 Å². The number of thiophene rings is 1. The van der Waals surface area contributed by atoms with Crippen LogP contribution in [0.25, 0.3) is 11.5 Å². The molecule has 0 spiro atoms. The zero-order valence-corrected chi connectivity index (χ0v) is 21.2. The molecule has 0 radical (unpaired) electrons. The van der Waals surface area contributed by atoms with Gasteiger partial charge in [-0.05, 0) is 59.3 Å². The molecule has 4 aromatic rings. The second-order valence-electron chi connectivity index (χ2n) is 9.19. The van der Waals surface area contributed by atoms with Crippen molar-refractivity contribution in [3.8, 4) is 17.2 Å². The summed E-state index contributed by atoms with van der Waals surface area (Å²) in [6.45, 7) is 2.77. The third-order valence-corrected chi connectivity index (χ3v) is 7.01. The Labute approximate surface area is 215 Å². The van der Waals surface area contributed by atoms with Crippen LogP contribution in [0.2, 0.25) is 0 Å². The summed E-state index contributed by atoms with van der Waals surface area (Å²) >= 11 is 1.63. The van der Waals surface area contributed by atoms with Gasteiger partial charge in [-0.25, -0.2) is 0 Å². The number of likely N-dealkylation sites (tertiary alicyclic amines) is 1. The summed E-state index contributed by atoms with van der Waals surface area (Å²) in [6.07, 6.45) is 2.31. The molecule has 1 fully saturated rings. The van der Waals surface area contributed by atoms with Crippen LogP contribution in [0.5, 0.6) is 5.75 Å². The molecular weight excluding hydrogens is 472 g/mol. The summed E-state index contributed by atoms with van der Waals surface area (Å²) < 4.78 is 12.1. The van der Waals surface area contributed by atoms with Crippen molar-refractivity contribution < 1.29 is 13.9 Å². The molecule has 1 amide bonds. The number of carbonyl (C=O) groups is 1. The van der Waals surface area contributed by atoms with Crippen molar-refractivity contribution >= 4 is 17.2 Å². The number of aromatic nitrogens is 2. The minimum absolute atomic E-state index is 0.123. The largest absolute Gasteiger partial charge is 0.490 e. The standard InChI is InChI=1S/C28H30N4O3S/c1-31(19-26-29-30-28(35-26)23-7-3-2-4-8-23)18-21-6-5-9-25(16-21)34-24-10-13-32(14-11-24)27(33)17-22-12-15-36-20-22/h2-9,12,15-16,20,24H,10-11,13-14,17-19H2,1H3.